The Morgan fingerprint density at radius 1 is 1.41 bits per heavy atom. The normalized spacial score (nSPS) is 17.5. The number of morpholine rings is 1. The highest BCUT2D eigenvalue weighted by molar-refractivity contribution is 4.95. The molecule has 0 saturated carbocycles. The van der Waals surface area contributed by atoms with E-state index >= 15 is 0 Å². The monoisotopic (exact) mass is 238 g/mol. The molecule has 1 aromatic rings. The second-order valence-electron chi connectivity index (χ2n) is 4.51. The van der Waals surface area contributed by atoms with Crippen molar-refractivity contribution >= 4 is 0 Å². The van der Waals surface area contributed by atoms with Crippen LogP contribution in [0.15, 0.2) is 12.5 Å². The van der Waals surface area contributed by atoms with E-state index in [1.54, 1.807) is 0 Å². The first kappa shape index (κ1) is 12.5. The van der Waals surface area contributed by atoms with Crippen molar-refractivity contribution in [1.82, 2.24) is 19.8 Å². The summed E-state index contributed by atoms with van der Waals surface area (Å²) in [5.74, 6) is 0. The lowest BCUT2D eigenvalue weighted by atomic mass is 10.3. The zero-order valence-electron chi connectivity index (χ0n) is 10.6. The minimum atomic E-state index is 0.865. The third-order valence-corrected chi connectivity index (χ3v) is 3.00. The minimum absolute atomic E-state index is 0.865. The van der Waals surface area contributed by atoms with Gasteiger partial charge < -0.3 is 14.6 Å². The predicted molar refractivity (Wildman–Crippen MR) is 66.8 cm³/mol. The Labute approximate surface area is 103 Å². The molecule has 0 amide bonds. The van der Waals surface area contributed by atoms with E-state index in [1.165, 1.54) is 13.0 Å². The van der Waals surface area contributed by atoms with Gasteiger partial charge in [-0.25, -0.2) is 4.98 Å². The van der Waals surface area contributed by atoms with Crippen molar-refractivity contribution in [3.63, 3.8) is 0 Å². The second-order valence-corrected chi connectivity index (χ2v) is 4.51. The van der Waals surface area contributed by atoms with E-state index in [4.69, 9.17) is 4.74 Å². The molecular formula is C12H22N4O. The Kier molecular flexibility index (Phi) is 4.97. The van der Waals surface area contributed by atoms with Gasteiger partial charge in [-0.15, -0.1) is 0 Å². The van der Waals surface area contributed by atoms with E-state index < -0.39 is 0 Å². The smallest absolute Gasteiger partial charge is 0.0947 e. The lowest BCUT2D eigenvalue weighted by Gasteiger charge is -2.26. The van der Waals surface area contributed by atoms with Gasteiger partial charge in [0.05, 0.1) is 25.2 Å². The summed E-state index contributed by atoms with van der Waals surface area (Å²) >= 11 is 0. The van der Waals surface area contributed by atoms with Gasteiger partial charge in [-0.2, -0.15) is 0 Å². The number of hydrogen-bond donors (Lipinski definition) is 1. The Morgan fingerprint density at radius 2 is 2.24 bits per heavy atom. The van der Waals surface area contributed by atoms with Crippen LogP contribution in [0.4, 0.5) is 0 Å². The van der Waals surface area contributed by atoms with Crippen molar-refractivity contribution in [2.24, 2.45) is 7.05 Å². The zero-order valence-corrected chi connectivity index (χ0v) is 10.6. The molecule has 2 heterocycles. The molecule has 1 N–H and O–H groups in total. The van der Waals surface area contributed by atoms with Crippen LogP contribution in [0.25, 0.3) is 0 Å². The van der Waals surface area contributed by atoms with Crippen LogP contribution in [0.3, 0.4) is 0 Å². The van der Waals surface area contributed by atoms with Crippen LogP contribution in [0.2, 0.25) is 0 Å². The molecule has 17 heavy (non-hydrogen) atoms. The maximum Gasteiger partial charge on any atom is 0.0947 e. The summed E-state index contributed by atoms with van der Waals surface area (Å²) in [6.07, 6.45) is 5.08. The maximum absolute atomic E-state index is 5.32. The summed E-state index contributed by atoms with van der Waals surface area (Å²) in [5, 5.41) is 3.42. The molecule has 96 valence electrons. The standard InChI is InChI=1S/C12H22N4O/c1-15-10-12(14-11-15)9-13-3-2-4-16-5-7-17-8-6-16/h10-11,13H,2-9H2,1H3. The van der Waals surface area contributed by atoms with Crippen molar-refractivity contribution in [3.8, 4) is 0 Å². The predicted octanol–water partition coefficient (Wildman–Crippen LogP) is 0.232. The van der Waals surface area contributed by atoms with Crippen molar-refractivity contribution < 1.29 is 4.74 Å². The van der Waals surface area contributed by atoms with E-state index in [9.17, 15) is 0 Å². The molecule has 2 rings (SSSR count). The molecule has 1 saturated heterocycles. The molecule has 1 fully saturated rings. The highest BCUT2D eigenvalue weighted by Crippen LogP contribution is 1.98. The quantitative estimate of drug-likeness (QED) is 0.721. The largest absolute Gasteiger partial charge is 0.379 e. The van der Waals surface area contributed by atoms with Crippen LogP contribution in [-0.4, -0.2) is 53.8 Å². The Hall–Kier alpha value is -0.910. The molecule has 5 heteroatoms. The number of aromatic nitrogens is 2. The minimum Gasteiger partial charge on any atom is -0.379 e. The van der Waals surface area contributed by atoms with Gasteiger partial charge >= 0.3 is 0 Å². The van der Waals surface area contributed by atoms with Gasteiger partial charge in [0.2, 0.25) is 0 Å². The summed E-state index contributed by atoms with van der Waals surface area (Å²) in [6, 6.07) is 0. The Bertz CT molecular complexity index is 320. The van der Waals surface area contributed by atoms with Crippen molar-refractivity contribution in [2.45, 2.75) is 13.0 Å². The van der Waals surface area contributed by atoms with Gasteiger partial charge in [-0.1, -0.05) is 0 Å². The topological polar surface area (TPSA) is 42.3 Å². The fraction of sp³-hybridized carbons (Fsp3) is 0.750. The van der Waals surface area contributed by atoms with Gasteiger partial charge in [-0.05, 0) is 19.5 Å². The molecule has 1 aliphatic rings. The molecule has 0 radical (unpaired) electrons. The molecule has 0 unspecified atom stereocenters. The van der Waals surface area contributed by atoms with Crippen LogP contribution < -0.4 is 5.32 Å². The molecule has 1 aliphatic heterocycles. The van der Waals surface area contributed by atoms with Gasteiger partial charge in [0.15, 0.2) is 0 Å². The highest BCUT2D eigenvalue weighted by atomic mass is 16.5. The maximum atomic E-state index is 5.32. The second kappa shape index (κ2) is 6.74. The third-order valence-electron chi connectivity index (χ3n) is 3.00. The highest BCUT2D eigenvalue weighted by Gasteiger charge is 2.08. The van der Waals surface area contributed by atoms with E-state index in [-0.39, 0.29) is 0 Å². The van der Waals surface area contributed by atoms with Crippen LogP contribution in [-0.2, 0) is 18.3 Å². The lowest BCUT2D eigenvalue weighted by Crippen LogP contribution is -2.37. The molecular weight excluding hydrogens is 216 g/mol. The number of rotatable bonds is 6. The number of ether oxygens (including phenoxy) is 1. The van der Waals surface area contributed by atoms with Crippen LogP contribution in [0.5, 0.6) is 0 Å². The molecule has 0 bridgehead atoms. The number of aryl methyl sites for hydroxylation is 1. The van der Waals surface area contributed by atoms with Gasteiger partial charge in [0, 0.05) is 32.9 Å². The molecule has 0 aromatic carbocycles. The first-order valence-corrected chi connectivity index (χ1v) is 6.32. The van der Waals surface area contributed by atoms with E-state index in [0.717, 1.165) is 45.1 Å². The number of nitrogens with zero attached hydrogens (tertiary/aromatic N) is 3. The van der Waals surface area contributed by atoms with E-state index in [2.05, 4.69) is 21.4 Å². The number of nitrogens with one attached hydrogen (secondary N) is 1. The van der Waals surface area contributed by atoms with E-state index in [0.29, 0.717) is 0 Å². The van der Waals surface area contributed by atoms with Gasteiger partial charge in [0.25, 0.3) is 0 Å². The van der Waals surface area contributed by atoms with Crippen LogP contribution >= 0.6 is 0 Å². The zero-order chi connectivity index (χ0) is 11.9. The fourth-order valence-corrected chi connectivity index (χ4v) is 2.03. The van der Waals surface area contributed by atoms with Crippen LogP contribution in [0.1, 0.15) is 12.1 Å². The van der Waals surface area contributed by atoms with Crippen molar-refractivity contribution in [2.75, 3.05) is 39.4 Å². The Morgan fingerprint density at radius 3 is 2.94 bits per heavy atom. The Balaban J connectivity index is 1.51. The molecule has 0 atom stereocenters. The van der Waals surface area contributed by atoms with Gasteiger partial charge in [-0.3, -0.25) is 4.90 Å². The first-order chi connectivity index (χ1) is 8.34. The summed E-state index contributed by atoms with van der Waals surface area (Å²) < 4.78 is 7.30. The molecule has 1 aromatic heterocycles. The van der Waals surface area contributed by atoms with Crippen LogP contribution in [0, 0.1) is 0 Å². The summed E-state index contributed by atoms with van der Waals surface area (Å²) in [6.45, 7) is 7.03. The summed E-state index contributed by atoms with van der Waals surface area (Å²) in [7, 11) is 1.99. The average molecular weight is 238 g/mol. The lowest BCUT2D eigenvalue weighted by molar-refractivity contribution is 0.0374. The fourth-order valence-electron chi connectivity index (χ4n) is 2.03. The molecule has 0 spiro atoms. The summed E-state index contributed by atoms with van der Waals surface area (Å²) in [4.78, 5) is 6.74. The SMILES string of the molecule is Cn1cnc(CNCCCN2CCOCC2)c1. The first-order valence-electron chi connectivity index (χ1n) is 6.32. The third kappa shape index (κ3) is 4.46. The number of hydrogen-bond acceptors (Lipinski definition) is 4. The summed E-state index contributed by atoms with van der Waals surface area (Å²) in [5.41, 5.74) is 1.11. The molecule has 5 nitrogen and oxygen atoms in total. The molecule has 0 aliphatic carbocycles. The van der Waals surface area contributed by atoms with Crippen molar-refractivity contribution in [1.29, 1.82) is 0 Å². The average Bonchev–Trinajstić information content (AvgIpc) is 2.76. The van der Waals surface area contributed by atoms with E-state index in [1.807, 2.05) is 17.9 Å². The number of imidazole rings is 1. The van der Waals surface area contributed by atoms with Crippen molar-refractivity contribution in [3.05, 3.63) is 18.2 Å². The van der Waals surface area contributed by atoms with Gasteiger partial charge in [0.1, 0.15) is 0 Å².